The molecule has 3 rings (SSSR count). The molecule has 2 fully saturated rings. The van der Waals surface area contributed by atoms with Gasteiger partial charge in [-0.3, -0.25) is 14.5 Å². The van der Waals surface area contributed by atoms with Gasteiger partial charge < -0.3 is 4.90 Å². The van der Waals surface area contributed by atoms with E-state index in [1.54, 1.807) is 0 Å². The summed E-state index contributed by atoms with van der Waals surface area (Å²) < 4.78 is 28.4. The largest absolute Gasteiger partial charge is 0.329 e. The molecule has 2 atom stereocenters. The lowest BCUT2D eigenvalue weighted by Gasteiger charge is -2.41. The Balaban J connectivity index is 2.11. The standard InChI is InChI=1S/C15H16F2N2O2/c1-8-5-6-10(16)13(12(8)17)19-9(2)14(20)18-7-3-4-11(18)15(19)21/h5-6,9,11H,3-4,7H2,1-2H3. The number of rotatable bonds is 1. The molecule has 2 heterocycles. The minimum atomic E-state index is -0.891. The van der Waals surface area contributed by atoms with Gasteiger partial charge >= 0.3 is 0 Å². The SMILES string of the molecule is Cc1ccc(F)c(N2C(=O)C3CCCN3C(=O)C2C)c1F. The van der Waals surface area contributed by atoms with Gasteiger partial charge in [0.25, 0.3) is 5.91 Å². The van der Waals surface area contributed by atoms with Crippen LogP contribution in [-0.2, 0) is 9.59 Å². The summed E-state index contributed by atoms with van der Waals surface area (Å²) >= 11 is 0. The molecule has 2 amide bonds. The van der Waals surface area contributed by atoms with E-state index in [4.69, 9.17) is 0 Å². The van der Waals surface area contributed by atoms with Crippen molar-refractivity contribution in [1.82, 2.24) is 4.90 Å². The monoisotopic (exact) mass is 294 g/mol. The number of anilines is 1. The van der Waals surface area contributed by atoms with Gasteiger partial charge in [-0.15, -0.1) is 0 Å². The summed E-state index contributed by atoms with van der Waals surface area (Å²) in [4.78, 5) is 27.4. The van der Waals surface area contributed by atoms with E-state index in [9.17, 15) is 18.4 Å². The Hall–Kier alpha value is -1.98. The molecule has 0 spiro atoms. The minimum absolute atomic E-state index is 0.243. The highest BCUT2D eigenvalue weighted by molar-refractivity contribution is 6.08. The van der Waals surface area contributed by atoms with Crippen LogP contribution in [0, 0.1) is 18.6 Å². The minimum Gasteiger partial charge on any atom is -0.329 e. The van der Waals surface area contributed by atoms with Crippen LogP contribution >= 0.6 is 0 Å². The third-order valence-electron chi connectivity index (χ3n) is 4.30. The van der Waals surface area contributed by atoms with Crippen molar-refractivity contribution >= 4 is 17.5 Å². The summed E-state index contributed by atoms with van der Waals surface area (Å²) in [5.74, 6) is -2.26. The molecular weight excluding hydrogens is 278 g/mol. The van der Waals surface area contributed by atoms with Crippen LogP contribution in [0.3, 0.4) is 0 Å². The lowest BCUT2D eigenvalue weighted by atomic mass is 10.0. The van der Waals surface area contributed by atoms with E-state index in [-0.39, 0.29) is 11.5 Å². The zero-order valence-electron chi connectivity index (χ0n) is 11.9. The normalized spacial score (nSPS) is 25.5. The maximum atomic E-state index is 14.3. The molecule has 0 aliphatic carbocycles. The van der Waals surface area contributed by atoms with E-state index in [0.29, 0.717) is 13.0 Å². The first-order valence-electron chi connectivity index (χ1n) is 7.01. The van der Waals surface area contributed by atoms with Gasteiger partial charge in [0.05, 0.1) is 0 Å². The third-order valence-corrected chi connectivity index (χ3v) is 4.30. The van der Waals surface area contributed by atoms with Gasteiger partial charge in [0.2, 0.25) is 5.91 Å². The lowest BCUT2D eigenvalue weighted by molar-refractivity contribution is -0.143. The molecule has 2 saturated heterocycles. The summed E-state index contributed by atoms with van der Waals surface area (Å²) in [5.41, 5.74) is -0.167. The molecule has 2 unspecified atom stereocenters. The van der Waals surface area contributed by atoms with Crippen LogP contribution in [0.1, 0.15) is 25.3 Å². The van der Waals surface area contributed by atoms with Gasteiger partial charge in [0, 0.05) is 6.54 Å². The molecule has 4 nitrogen and oxygen atoms in total. The second-order valence-corrected chi connectivity index (χ2v) is 5.60. The quantitative estimate of drug-likeness (QED) is 0.795. The fourth-order valence-electron chi connectivity index (χ4n) is 3.16. The highest BCUT2D eigenvalue weighted by Crippen LogP contribution is 2.34. The number of carbonyl (C=O) groups is 2. The molecule has 0 aromatic heterocycles. The molecule has 6 heteroatoms. The Morgan fingerprint density at radius 3 is 2.62 bits per heavy atom. The van der Waals surface area contributed by atoms with E-state index in [1.807, 2.05) is 0 Å². The van der Waals surface area contributed by atoms with E-state index >= 15 is 0 Å². The first-order chi connectivity index (χ1) is 9.93. The molecule has 1 aromatic rings. The molecule has 2 aliphatic heterocycles. The maximum Gasteiger partial charge on any atom is 0.250 e. The van der Waals surface area contributed by atoms with Crippen LogP contribution in [0.25, 0.3) is 0 Å². The second kappa shape index (κ2) is 4.79. The van der Waals surface area contributed by atoms with Crippen LogP contribution in [0.15, 0.2) is 12.1 Å². The number of aryl methyl sites for hydroxylation is 1. The van der Waals surface area contributed by atoms with Crippen molar-refractivity contribution in [3.8, 4) is 0 Å². The van der Waals surface area contributed by atoms with Crippen LogP contribution < -0.4 is 4.90 Å². The van der Waals surface area contributed by atoms with Crippen molar-refractivity contribution in [2.45, 2.75) is 38.8 Å². The molecule has 0 saturated carbocycles. The predicted octanol–water partition coefficient (Wildman–Crippen LogP) is 2.00. The van der Waals surface area contributed by atoms with Gasteiger partial charge in [-0.2, -0.15) is 0 Å². The molecule has 112 valence electrons. The second-order valence-electron chi connectivity index (χ2n) is 5.60. The highest BCUT2D eigenvalue weighted by atomic mass is 19.1. The summed E-state index contributed by atoms with van der Waals surface area (Å²) in [7, 11) is 0. The van der Waals surface area contributed by atoms with E-state index in [1.165, 1.54) is 24.8 Å². The fourth-order valence-corrected chi connectivity index (χ4v) is 3.16. The van der Waals surface area contributed by atoms with E-state index in [2.05, 4.69) is 0 Å². The van der Waals surface area contributed by atoms with Crippen molar-refractivity contribution in [2.75, 3.05) is 11.4 Å². The first-order valence-corrected chi connectivity index (χ1v) is 7.01. The molecular formula is C15H16F2N2O2. The number of nitrogens with zero attached hydrogens (tertiary/aromatic N) is 2. The Morgan fingerprint density at radius 2 is 1.90 bits per heavy atom. The summed E-state index contributed by atoms with van der Waals surface area (Å²) in [5, 5.41) is 0. The Bertz CT molecular complexity index is 632. The van der Waals surface area contributed by atoms with Gasteiger partial charge in [0.15, 0.2) is 5.82 Å². The van der Waals surface area contributed by atoms with Crippen molar-refractivity contribution in [2.24, 2.45) is 0 Å². The van der Waals surface area contributed by atoms with Crippen LogP contribution in [0.2, 0.25) is 0 Å². The van der Waals surface area contributed by atoms with Gasteiger partial charge in [-0.25, -0.2) is 8.78 Å². The van der Waals surface area contributed by atoms with Gasteiger partial charge in [-0.05, 0) is 38.3 Å². The average Bonchev–Trinajstić information content (AvgIpc) is 2.94. The first kappa shape index (κ1) is 14.0. The van der Waals surface area contributed by atoms with Crippen LogP contribution in [0.5, 0.6) is 0 Å². The van der Waals surface area contributed by atoms with Crippen LogP contribution in [0.4, 0.5) is 14.5 Å². The van der Waals surface area contributed by atoms with Crippen molar-refractivity contribution < 1.29 is 18.4 Å². The van der Waals surface area contributed by atoms with E-state index in [0.717, 1.165) is 17.4 Å². The Labute approximate surface area is 121 Å². The summed E-state index contributed by atoms with van der Waals surface area (Å²) in [6.45, 7) is 3.54. The third kappa shape index (κ3) is 1.92. The van der Waals surface area contributed by atoms with Crippen molar-refractivity contribution in [3.63, 3.8) is 0 Å². The van der Waals surface area contributed by atoms with E-state index < -0.39 is 35.3 Å². The number of piperazine rings is 1. The number of halogens is 2. The predicted molar refractivity (Wildman–Crippen MR) is 72.8 cm³/mol. The molecule has 0 N–H and O–H groups in total. The number of hydrogen-bond donors (Lipinski definition) is 0. The lowest BCUT2D eigenvalue weighted by Crippen LogP contribution is -2.62. The molecule has 1 aromatic carbocycles. The number of hydrogen-bond acceptors (Lipinski definition) is 2. The summed E-state index contributed by atoms with van der Waals surface area (Å²) in [6, 6.07) is 0.960. The fraction of sp³-hybridized carbons (Fsp3) is 0.467. The van der Waals surface area contributed by atoms with Crippen LogP contribution in [-0.4, -0.2) is 35.3 Å². The smallest absolute Gasteiger partial charge is 0.250 e. The van der Waals surface area contributed by atoms with Gasteiger partial charge in [0.1, 0.15) is 23.6 Å². The van der Waals surface area contributed by atoms with Crippen molar-refractivity contribution in [3.05, 3.63) is 29.3 Å². The topological polar surface area (TPSA) is 40.6 Å². The zero-order valence-corrected chi connectivity index (χ0v) is 11.9. The van der Waals surface area contributed by atoms with Crippen molar-refractivity contribution in [1.29, 1.82) is 0 Å². The summed E-state index contributed by atoms with van der Waals surface area (Å²) in [6.07, 6.45) is 1.28. The zero-order chi connectivity index (χ0) is 15.3. The number of amides is 2. The number of fused-ring (bicyclic) bond motifs is 1. The Morgan fingerprint density at radius 1 is 1.19 bits per heavy atom. The molecule has 0 bridgehead atoms. The molecule has 21 heavy (non-hydrogen) atoms. The molecule has 2 aliphatic rings. The maximum absolute atomic E-state index is 14.3. The molecule has 0 radical (unpaired) electrons. The highest BCUT2D eigenvalue weighted by Gasteiger charge is 2.47. The number of benzene rings is 1. The average molecular weight is 294 g/mol. The number of carbonyl (C=O) groups excluding carboxylic acids is 2. The van der Waals surface area contributed by atoms with Gasteiger partial charge in [-0.1, -0.05) is 6.07 Å². The Kier molecular flexibility index (Phi) is 3.19.